The van der Waals surface area contributed by atoms with Gasteiger partial charge in [-0.15, -0.1) is 0 Å². The highest BCUT2D eigenvalue weighted by molar-refractivity contribution is 5.60. The maximum Gasteiger partial charge on any atom is 0.0404 e. The number of nitrogens with two attached hydrogens (primary N) is 1. The predicted octanol–water partition coefficient (Wildman–Crippen LogP) is 3.05. The summed E-state index contributed by atoms with van der Waals surface area (Å²) in [6, 6.07) is 7.80. The molecule has 2 aliphatic rings. The lowest BCUT2D eigenvalue weighted by Gasteiger charge is -2.27. The lowest BCUT2D eigenvalue weighted by molar-refractivity contribution is 0.625. The van der Waals surface area contributed by atoms with Crippen molar-refractivity contribution in [2.75, 3.05) is 18.0 Å². The molecule has 1 saturated carbocycles. The zero-order chi connectivity index (χ0) is 12.5. The van der Waals surface area contributed by atoms with Crippen LogP contribution in [0.3, 0.4) is 0 Å². The maximum atomic E-state index is 5.79. The van der Waals surface area contributed by atoms with Crippen LogP contribution in [-0.4, -0.2) is 19.1 Å². The van der Waals surface area contributed by atoms with Crippen molar-refractivity contribution in [3.05, 3.63) is 29.3 Å². The van der Waals surface area contributed by atoms with E-state index in [-0.39, 0.29) is 0 Å². The van der Waals surface area contributed by atoms with Gasteiger partial charge in [-0.1, -0.05) is 31.9 Å². The predicted molar refractivity (Wildman–Crippen MR) is 77.2 cm³/mol. The van der Waals surface area contributed by atoms with E-state index in [9.17, 15) is 0 Å². The third-order valence-electron chi connectivity index (χ3n) is 4.73. The normalized spacial score (nSPS) is 21.3. The van der Waals surface area contributed by atoms with E-state index in [1.54, 1.807) is 0 Å². The van der Waals surface area contributed by atoms with E-state index in [0.717, 1.165) is 12.6 Å². The summed E-state index contributed by atoms with van der Waals surface area (Å²) in [6.07, 6.45) is 6.82. The van der Waals surface area contributed by atoms with Gasteiger partial charge >= 0.3 is 0 Å². The van der Waals surface area contributed by atoms with E-state index in [1.165, 1.54) is 55.5 Å². The van der Waals surface area contributed by atoms with Gasteiger partial charge in [0, 0.05) is 18.3 Å². The lowest BCUT2D eigenvalue weighted by atomic mass is 9.98. The monoisotopic (exact) mass is 244 g/mol. The van der Waals surface area contributed by atoms with Crippen LogP contribution in [0.15, 0.2) is 18.2 Å². The molecule has 1 aromatic carbocycles. The first-order valence-electron chi connectivity index (χ1n) is 7.39. The molecule has 1 aromatic rings. The SMILES string of the molecule is CC(CN)c1ccc2c(c1)N(C1CCCC1)CC2. The van der Waals surface area contributed by atoms with Crippen molar-refractivity contribution in [2.45, 2.75) is 51.0 Å². The quantitative estimate of drug-likeness (QED) is 0.885. The zero-order valence-corrected chi connectivity index (χ0v) is 11.4. The molecule has 0 saturated heterocycles. The number of hydrogen-bond donors (Lipinski definition) is 1. The van der Waals surface area contributed by atoms with Crippen molar-refractivity contribution in [3.8, 4) is 0 Å². The van der Waals surface area contributed by atoms with Crippen molar-refractivity contribution in [2.24, 2.45) is 5.73 Å². The highest BCUT2D eigenvalue weighted by Gasteiger charge is 2.28. The van der Waals surface area contributed by atoms with Crippen LogP contribution in [0, 0.1) is 0 Å². The Morgan fingerprint density at radius 3 is 2.83 bits per heavy atom. The smallest absolute Gasteiger partial charge is 0.0404 e. The summed E-state index contributed by atoms with van der Waals surface area (Å²) in [5.74, 6) is 0.473. The van der Waals surface area contributed by atoms with Crippen LogP contribution in [0.4, 0.5) is 5.69 Å². The van der Waals surface area contributed by atoms with Crippen molar-refractivity contribution < 1.29 is 0 Å². The fourth-order valence-corrected chi connectivity index (χ4v) is 3.46. The van der Waals surface area contributed by atoms with Gasteiger partial charge in [0.05, 0.1) is 0 Å². The number of nitrogens with zero attached hydrogens (tertiary/aromatic N) is 1. The third kappa shape index (κ3) is 2.03. The van der Waals surface area contributed by atoms with Gasteiger partial charge in [0.15, 0.2) is 0 Å². The average Bonchev–Trinajstić information content (AvgIpc) is 3.05. The molecule has 2 N–H and O–H groups in total. The molecule has 1 aliphatic heterocycles. The fraction of sp³-hybridized carbons (Fsp3) is 0.625. The van der Waals surface area contributed by atoms with E-state index in [0.29, 0.717) is 5.92 Å². The Bertz CT molecular complexity index is 421. The van der Waals surface area contributed by atoms with Crippen molar-refractivity contribution >= 4 is 5.69 Å². The molecule has 1 unspecified atom stereocenters. The second-order valence-electron chi connectivity index (χ2n) is 5.91. The molecule has 1 heterocycles. The van der Waals surface area contributed by atoms with Crippen molar-refractivity contribution in [3.63, 3.8) is 0 Å². The van der Waals surface area contributed by atoms with E-state index in [4.69, 9.17) is 5.73 Å². The largest absolute Gasteiger partial charge is 0.368 e. The van der Waals surface area contributed by atoms with Crippen LogP contribution in [0.2, 0.25) is 0 Å². The number of fused-ring (bicyclic) bond motifs is 1. The molecule has 2 nitrogen and oxygen atoms in total. The number of benzene rings is 1. The Morgan fingerprint density at radius 2 is 2.11 bits per heavy atom. The Morgan fingerprint density at radius 1 is 1.33 bits per heavy atom. The molecule has 1 fully saturated rings. The third-order valence-corrected chi connectivity index (χ3v) is 4.73. The molecule has 0 bridgehead atoms. The van der Waals surface area contributed by atoms with Crippen LogP contribution in [-0.2, 0) is 6.42 Å². The summed E-state index contributed by atoms with van der Waals surface area (Å²) < 4.78 is 0. The van der Waals surface area contributed by atoms with Gasteiger partial charge in [0.25, 0.3) is 0 Å². The first-order valence-corrected chi connectivity index (χ1v) is 7.39. The molecule has 98 valence electrons. The minimum absolute atomic E-state index is 0.473. The second kappa shape index (κ2) is 4.93. The number of rotatable bonds is 3. The van der Waals surface area contributed by atoms with E-state index in [2.05, 4.69) is 30.0 Å². The van der Waals surface area contributed by atoms with Gasteiger partial charge in [0.1, 0.15) is 0 Å². The van der Waals surface area contributed by atoms with E-state index < -0.39 is 0 Å². The van der Waals surface area contributed by atoms with Crippen molar-refractivity contribution in [1.82, 2.24) is 0 Å². The van der Waals surface area contributed by atoms with Gasteiger partial charge in [-0.05, 0) is 48.9 Å². The first-order chi connectivity index (χ1) is 8.79. The molecule has 1 aliphatic carbocycles. The number of hydrogen-bond acceptors (Lipinski definition) is 2. The molecule has 0 spiro atoms. The summed E-state index contributed by atoms with van der Waals surface area (Å²) in [5, 5.41) is 0. The van der Waals surface area contributed by atoms with Gasteiger partial charge in [-0.2, -0.15) is 0 Å². The summed E-state index contributed by atoms with van der Waals surface area (Å²) >= 11 is 0. The fourth-order valence-electron chi connectivity index (χ4n) is 3.46. The summed E-state index contributed by atoms with van der Waals surface area (Å²) in [6.45, 7) is 4.18. The molecule has 2 heteroatoms. The Hall–Kier alpha value is -1.02. The standard InChI is InChI=1S/C16H24N2/c1-12(11-17)14-7-6-13-8-9-18(16(13)10-14)15-4-2-3-5-15/h6-7,10,12,15H,2-5,8-9,11,17H2,1H3. The molecule has 18 heavy (non-hydrogen) atoms. The first kappa shape index (κ1) is 12.0. The maximum absolute atomic E-state index is 5.79. The van der Waals surface area contributed by atoms with Gasteiger partial charge in [-0.3, -0.25) is 0 Å². The summed E-state index contributed by atoms with van der Waals surface area (Å²) in [5.41, 5.74) is 10.2. The van der Waals surface area contributed by atoms with Crippen LogP contribution in [0.25, 0.3) is 0 Å². The van der Waals surface area contributed by atoms with Gasteiger partial charge in [0.2, 0.25) is 0 Å². The molecular formula is C16H24N2. The second-order valence-corrected chi connectivity index (χ2v) is 5.91. The highest BCUT2D eigenvalue weighted by Crippen LogP contribution is 2.36. The summed E-state index contributed by atoms with van der Waals surface area (Å²) in [7, 11) is 0. The lowest BCUT2D eigenvalue weighted by Crippen LogP contribution is -2.31. The molecule has 1 atom stereocenters. The van der Waals surface area contributed by atoms with Crippen molar-refractivity contribution in [1.29, 1.82) is 0 Å². The van der Waals surface area contributed by atoms with Gasteiger partial charge < -0.3 is 10.6 Å². The molecule has 0 amide bonds. The molecule has 3 rings (SSSR count). The van der Waals surface area contributed by atoms with Crippen LogP contribution in [0.1, 0.15) is 49.7 Å². The minimum atomic E-state index is 0.473. The Balaban J connectivity index is 1.88. The Labute approximate surface area is 110 Å². The van der Waals surface area contributed by atoms with E-state index in [1.807, 2.05) is 0 Å². The van der Waals surface area contributed by atoms with Crippen LogP contribution < -0.4 is 10.6 Å². The number of anilines is 1. The topological polar surface area (TPSA) is 29.3 Å². The molecular weight excluding hydrogens is 220 g/mol. The summed E-state index contributed by atoms with van der Waals surface area (Å²) in [4.78, 5) is 2.66. The highest BCUT2D eigenvalue weighted by atomic mass is 15.2. The Kier molecular flexibility index (Phi) is 3.29. The van der Waals surface area contributed by atoms with Gasteiger partial charge in [-0.25, -0.2) is 0 Å². The minimum Gasteiger partial charge on any atom is -0.368 e. The van der Waals surface area contributed by atoms with E-state index >= 15 is 0 Å². The van der Waals surface area contributed by atoms with Crippen LogP contribution >= 0.6 is 0 Å². The average molecular weight is 244 g/mol. The molecule has 0 aromatic heterocycles. The zero-order valence-electron chi connectivity index (χ0n) is 11.4. The van der Waals surface area contributed by atoms with Crippen LogP contribution in [0.5, 0.6) is 0 Å². The molecule has 0 radical (unpaired) electrons.